The normalized spacial score (nSPS) is 10.5. The number of hydrogen-bond acceptors (Lipinski definition) is 2. The lowest BCUT2D eigenvalue weighted by Gasteiger charge is -2.20. The third-order valence-electron chi connectivity index (χ3n) is 3.82. The second-order valence-electron chi connectivity index (χ2n) is 5.77. The van der Waals surface area contributed by atoms with Crippen LogP contribution < -0.4 is 5.32 Å². The van der Waals surface area contributed by atoms with E-state index in [2.05, 4.69) is 17.4 Å². The van der Waals surface area contributed by atoms with E-state index in [0.717, 1.165) is 17.1 Å². The molecule has 0 saturated heterocycles. The Morgan fingerprint density at radius 2 is 1.76 bits per heavy atom. The first kappa shape index (κ1) is 17.5. The highest BCUT2D eigenvalue weighted by atomic mass is 35.5. The van der Waals surface area contributed by atoms with E-state index in [1.165, 1.54) is 5.56 Å². The number of hydrogen-bond donors (Lipinski definition) is 1. The van der Waals surface area contributed by atoms with Crippen LogP contribution in [0, 0.1) is 0 Å². The standard InChI is InChI=1S/C20H19ClN2OS/c1-23(20(25)22-13-15-5-3-2-4-6-15)14-18-11-12-19(24-18)16-7-9-17(21)10-8-16/h2-12H,13-14H2,1H3,(H,22,25). The van der Waals surface area contributed by atoms with Gasteiger partial charge in [0.2, 0.25) is 0 Å². The molecule has 128 valence electrons. The van der Waals surface area contributed by atoms with E-state index >= 15 is 0 Å². The van der Waals surface area contributed by atoms with E-state index in [4.69, 9.17) is 28.2 Å². The molecule has 1 N–H and O–H groups in total. The van der Waals surface area contributed by atoms with Crippen LogP contribution in [0.1, 0.15) is 11.3 Å². The first-order valence-electron chi connectivity index (χ1n) is 7.99. The van der Waals surface area contributed by atoms with E-state index < -0.39 is 0 Å². The molecule has 3 aromatic rings. The number of benzene rings is 2. The number of halogens is 1. The van der Waals surface area contributed by atoms with Gasteiger partial charge in [0.15, 0.2) is 5.11 Å². The summed E-state index contributed by atoms with van der Waals surface area (Å²) in [5, 5.41) is 4.67. The maximum atomic E-state index is 5.92. The minimum atomic E-state index is 0.605. The smallest absolute Gasteiger partial charge is 0.169 e. The molecular formula is C20H19ClN2OS. The van der Waals surface area contributed by atoms with Crippen LogP contribution in [-0.4, -0.2) is 17.1 Å². The molecule has 0 radical (unpaired) electrons. The minimum absolute atomic E-state index is 0.605. The summed E-state index contributed by atoms with van der Waals surface area (Å²) < 4.78 is 5.92. The third kappa shape index (κ3) is 4.84. The molecule has 0 saturated carbocycles. The lowest BCUT2D eigenvalue weighted by molar-refractivity contribution is 0.411. The molecule has 0 aliphatic rings. The first-order valence-corrected chi connectivity index (χ1v) is 8.78. The average Bonchev–Trinajstić information content (AvgIpc) is 3.09. The number of nitrogens with one attached hydrogen (secondary N) is 1. The summed E-state index contributed by atoms with van der Waals surface area (Å²) in [6, 6.07) is 21.7. The van der Waals surface area contributed by atoms with Gasteiger partial charge in [-0.1, -0.05) is 41.9 Å². The molecule has 0 atom stereocenters. The highest BCUT2D eigenvalue weighted by Gasteiger charge is 2.09. The zero-order valence-corrected chi connectivity index (χ0v) is 15.5. The van der Waals surface area contributed by atoms with Gasteiger partial charge < -0.3 is 14.6 Å². The Hall–Kier alpha value is -2.30. The molecule has 1 heterocycles. The Morgan fingerprint density at radius 1 is 1.04 bits per heavy atom. The zero-order chi connectivity index (χ0) is 17.6. The van der Waals surface area contributed by atoms with Gasteiger partial charge in [0.25, 0.3) is 0 Å². The van der Waals surface area contributed by atoms with Crippen molar-refractivity contribution in [2.45, 2.75) is 13.1 Å². The highest BCUT2D eigenvalue weighted by molar-refractivity contribution is 7.80. The summed E-state index contributed by atoms with van der Waals surface area (Å²) in [7, 11) is 1.95. The summed E-state index contributed by atoms with van der Waals surface area (Å²) in [4.78, 5) is 1.96. The summed E-state index contributed by atoms with van der Waals surface area (Å²) in [5.74, 6) is 1.68. The molecule has 0 amide bonds. The van der Waals surface area contributed by atoms with E-state index in [9.17, 15) is 0 Å². The minimum Gasteiger partial charge on any atom is -0.459 e. The van der Waals surface area contributed by atoms with E-state index in [-0.39, 0.29) is 0 Å². The van der Waals surface area contributed by atoms with Crippen molar-refractivity contribution in [1.29, 1.82) is 0 Å². The molecule has 0 fully saturated rings. The number of nitrogens with zero attached hydrogens (tertiary/aromatic N) is 1. The summed E-state index contributed by atoms with van der Waals surface area (Å²) in [5.41, 5.74) is 2.20. The highest BCUT2D eigenvalue weighted by Crippen LogP contribution is 2.24. The summed E-state index contributed by atoms with van der Waals surface area (Å²) >= 11 is 11.4. The fraction of sp³-hybridized carbons (Fsp3) is 0.150. The van der Waals surface area contributed by atoms with Gasteiger partial charge in [-0.05, 0) is 54.2 Å². The maximum absolute atomic E-state index is 5.92. The van der Waals surface area contributed by atoms with Gasteiger partial charge in [0.05, 0.1) is 6.54 Å². The summed E-state index contributed by atoms with van der Waals surface area (Å²) in [6.07, 6.45) is 0. The molecule has 3 rings (SSSR count). The SMILES string of the molecule is CN(Cc1ccc(-c2ccc(Cl)cc2)o1)C(=S)NCc1ccccc1. The number of rotatable bonds is 5. The second-order valence-corrected chi connectivity index (χ2v) is 6.60. The van der Waals surface area contributed by atoms with Gasteiger partial charge in [0, 0.05) is 24.2 Å². The lowest BCUT2D eigenvalue weighted by Crippen LogP contribution is -2.36. The zero-order valence-electron chi connectivity index (χ0n) is 13.9. The van der Waals surface area contributed by atoms with Crippen LogP contribution in [0.25, 0.3) is 11.3 Å². The summed E-state index contributed by atoms with van der Waals surface area (Å²) in [6.45, 7) is 1.31. The van der Waals surface area contributed by atoms with Crippen LogP contribution in [0.2, 0.25) is 5.02 Å². The Kier molecular flexibility index (Phi) is 5.74. The van der Waals surface area contributed by atoms with Gasteiger partial charge in [-0.3, -0.25) is 0 Å². The van der Waals surface area contributed by atoms with E-state index in [1.807, 2.05) is 66.5 Å². The second kappa shape index (κ2) is 8.19. The van der Waals surface area contributed by atoms with E-state index in [0.29, 0.717) is 23.2 Å². The molecule has 25 heavy (non-hydrogen) atoms. The van der Waals surface area contributed by atoms with Crippen molar-refractivity contribution in [3.8, 4) is 11.3 Å². The molecule has 1 aromatic heterocycles. The van der Waals surface area contributed by atoms with Gasteiger partial charge >= 0.3 is 0 Å². The van der Waals surface area contributed by atoms with Gasteiger partial charge in [-0.15, -0.1) is 0 Å². The maximum Gasteiger partial charge on any atom is 0.169 e. The van der Waals surface area contributed by atoms with Gasteiger partial charge in [-0.2, -0.15) is 0 Å². The molecule has 0 aliphatic carbocycles. The fourth-order valence-electron chi connectivity index (χ4n) is 2.45. The number of thiocarbonyl (C=S) groups is 1. The predicted octanol–water partition coefficient (Wildman–Crippen LogP) is 5.11. The van der Waals surface area contributed by atoms with Crippen LogP contribution in [0.5, 0.6) is 0 Å². The van der Waals surface area contributed by atoms with Crippen LogP contribution in [0.4, 0.5) is 0 Å². The Bertz CT molecular complexity index is 830. The predicted molar refractivity (Wildman–Crippen MR) is 107 cm³/mol. The van der Waals surface area contributed by atoms with Crippen LogP contribution in [0.3, 0.4) is 0 Å². The quantitative estimate of drug-likeness (QED) is 0.632. The fourth-order valence-corrected chi connectivity index (χ4v) is 2.71. The van der Waals surface area contributed by atoms with Crippen molar-refractivity contribution in [3.63, 3.8) is 0 Å². The van der Waals surface area contributed by atoms with Crippen LogP contribution >= 0.6 is 23.8 Å². The molecule has 0 unspecified atom stereocenters. The van der Waals surface area contributed by atoms with Gasteiger partial charge in [-0.25, -0.2) is 0 Å². The molecule has 5 heteroatoms. The van der Waals surface area contributed by atoms with Crippen molar-refractivity contribution >= 4 is 28.9 Å². The van der Waals surface area contributed by atoms with Gasteiger partial charge in [0.1, 0.15) is 11.5 Å². The van der Waals surface area contributed by atoms with E-state index in [1.54, 1.807) is 0 Å². The Balaban J connectivity index is 1.56. The average molecular weight is 371 g/mol. The molecule has 0 spiro atoms. The molecule has 3 nitrogen and oxygen atoms in total. The van der Waals surface area contributed by atoms with Crippen molar-refractivity contribution < 1.29 is 4.42 Å². The van der Waals surface area contributed by atoms with Crippen molar-refractivity contribution in [2.75, 3.05) is 7.05 Å². The Morgan fingerprint density at radius 3 is 2.48 bits per heavy atom. The topological polar surface area (TPSA) is 28.4 Å². The van der Waals surface area contributed by atoms with Crippen molar-refractivity contribution in [3.05, 3.63) is 83.1 Å². The largest absolute Gasteiger partial charge is 0.459 e. The molecule has 2 aromatic carbocycles. The lowest BCUT2D eigenvalue weighted by atomic mass is 10.2. The third-order valence-corrected chi connectivity index (χ3v) is 4.52. The molecule has 0 aliphatic heterocycles. The number of furan rings is 1. The Labute approximate surface area is 158 Å². The molecule has 0 bridgehead atoms. The van der Waals surface area contributed by atoms with Crippen molar-refractivity contribution in [1.82, 2.24) is 10.2 Å². The van der Waals surface area contributed by atoms with Crippen molar-refractivity contribution in [2.24, 2.45) is 0 Å². The van der Waals surface area contributed by atoms with Crippen LogP contribution in [-0.2, 0) is 13.1 Å². The van der Waals surface area contributed by atoms with Crippen LogP contribution in [0.15, 0.2) is 71.1 Å². The first-order chi connectivity index (χ1) is 12.1. The monoisotopic (exact) mass is 370 g/mol. The molecular weight excluding hydrogens is 352 g/mol.